The molecule has 1 aliphatic heterocycles. The molecule has 1 aliphatic rings. The molecule has 12 heavy (non-hydrogen) atoms. The van der Waals surface area contributed by atoms with Crippen molar-refractivity contribution < 1.29 is 19.1 Å². The van der Waals surface area contributed by atoms with Gasteiger partial charge in [-0.25, -0.2) is 0 Å². The van der Waals surface area contributed by atoms with Gasteiger partial charge in [-0.15, -0.1) is 11.8 Å². The molecule has 4 nitrogen and oxygen atoms in total. The number of aromatic hydroxyl groups is 1. The molecule has 0 bridgehead atoms. The molecule has 1 aromatic rings. The molecule has 62 valence electrons. The van der Waals surface area contributed by atoms with E-state index >= 15 is 0 Å². The second kappa shape index (κ2) is 2.38. The highest BCUT2D eigenvalue weighted by Crippen LogP contribution is 2.41. The van der Waals surface area contributed by atoms with Gasteiger partial charge in [0.1, 0.15) is 4.90 Å². The summed E-state index contributed by atoms with van der Waals surface area (Å²) in [4.78, 5) is 21.7. The average molecular weight is 184 g/mol. The van der Waals surface area contributed by atoms with E-state index in [9.17, 15) is 14.7 Å². The van der Waals surface area contributed by atoms with E-state index in [1.54, 1.807) is 0 Å². The third-order valence-corrected chi connectivity index (χ3v) is 2.65. The van der Waals surface area contributed by atoms with Gasteiger partial charge in [0.2, 0.25) is 11.5 Å². The number of furan rings is 1. The fourth-order valence-electron chi connectivity index (χ4n) is 1.02. The van der Waals surface area contributed by atoms with Crippen LogP contribution in [0.5, 0.6) is 5.75 Å². The molecule has 0 aromatic carbocycles. The molecule has 1 N–H and O–H groups in total. The van der Waals surface area contributed by atoms with Crippen LogP contribution in [0.25, 0.3) is 0 Å². The summed E-state index contributed by atoms with van der Waals surface area (Å²) >= 11 is 1.19. The highest BCUT2D eigenvalue weighted by Gasteiger charge is 2.30. The van der Waals surface area contributed by atoms with Crippen molar-refractivity contribution in [3.8, 4) is 5.75 Å². The van der Waals surface area contributed by atoms with Crippen LogP contribution in [0.2, 0.25) is 0 Å². The predicted octanol–water partition coefficient (Wildman–Crippen LogP) is 1.09. The van der Waals surface area contributed by atoms with Gasteiger partial charge in [0.15, 0.2) is 17.8 Å². The Kier molecular flexibility index (Phi) is 1.47. The van der Waals surface area contributed by atoms with Crippen molar-refractivity contribution >= 4 is 23.8 Å². The molecule has 0 saturated heterocycles. The Morgan fingerprint density at radius 1 is 1.58 bits per heavy atom. The Balaban J connectivity index is 2.64. The van der Waals surface area contributed by atoms with Crippen molar-refractivity contribution in [2.45, 2.75) is 4.90 Å². The summed E-state index contributed by atoms with van der Waals surface area (Å²) in [6.45, 7) is 0. The number of fused-ring (bicyclic) bond motifs is 1. The van der Waals surface area contributed by atoms with E-state index in [-0.39, 0.29) is 28.8 Å². The maximum absolute atomic E-state index is 11.0. The fourth-order valence-corrected chi connectivity index (χ4v) is 1.96. The van der Waals surface area contributed by atoms with Gasteiger partial charge in [0, 0.05) is 0 Å². The largest absolute Gasteiger partial charge is 0.503 e. The monoisotopic (exact) mass is 184 g/mol. The smallest absolute Gasteiger partial charge is 0.210 e. The molecule has 0 fully saturated rings. The van der Waals surface area contributed by atoms with Gasteiger partial charge < -0.3 is 9.52 Å². The molecule has 1 aromatic heterocycles. The molecular weight excluding hydrogens is 180 g/mol. The van der Waals surface area contributed by atoms with Gasteiger partial charge in [-0.2, -0.15) is 0 Å². The van der Waals surface area contributed by atoms with Crippen LogP contribution in [0.4, 0.5) is 0 Å². The number of carbonyl (C=O) groups excluding carboxylic acids is 2. The SMILES string of the molecule is O=Cc1oc2c(c1O)SCC2=O. The van der Waals surface area contributed by atoms with Crippen molar-refractivity contribution in [3.63, 3.8) is 0 Å². The average Bonchev–Trinajstić information content (AvgIpc) is 2.55. The number of Topliss-reactive ketones (excluding diaryl/α,β-unsaturated/α-hetero) is 1. The van der Waals surface area contributed by atoms with E-state index in [2.05, 4.69) is 0 Å². The predicted molar refractivity (Wildman–Crippen MR) is 40.8 cm³/mol. The Labute approximate surface area is 71.6 Å². The van der Waals surface area contributed by atoms with Crippen LogP contribution in [-0.4, -0.2) is 22.9 Å². The van der Waals surface area contributed by atoms with E-state index in [0.717, 1.165) is 0 Å². The zero-order valence-electron chi connectivity index (χ0n) is 5.86. The molecule has 0 spiro atoms. The minimum absolute atomic E-state index is 0.111. The Morgan fingerprint density at radius 2 is 2.33 bits per heavy atom. The number of carbonyl (C=O) groups is 2. The van der Waals surface area contributed by atoms with Gasteiger partial charge >= 0.3 is 0 Å². The number of ketones is 1. The van der Waals surface area contributed by atoms with Gasteiger partial charge in [-0.05, 0) is 0 Å². The molecule has 2 rings (SSSR count). The van der Waals surface area contributed by atoms with Crippen molar-refractivity contribution in [1.82, 2.24) is 0 Å². The van der Waals surface area contributed by atoms with Crippen molar-refractivity contribution in [3.05, 3.63) is 11.5 Å². The highest BCUT2D eigenvalue weighted by molar-refractivity contribution is 8.00. The van der Waals surface area contributed by atoms with E-state index in [1.165, 1.54) is 11.8 Å². The third kappa shape index (κ3) is 0.797. The molecule has 0 aliphatic carbocycles. The molecule has 5 heteroatoms. The number of hydrogen-bond donors (Lipinski definition) is 1. The van der Waals surface area contributed by atoms with E-state index < -0.39 is 0 Å². The van der Waals surface area contributed by atoms with Gasteiger partial charge in [0.05, 0.1) is 5.75 Å². The summed E-state index contributed by atoms with van der Waals surface area (Å²) in [5.74, 6) is -0.171. The second-order valence-corrected chi connectivity index (χ2v) is 3.29. The first-order chi connectivity index (χ1) is 5.74. The Hall–Kier alpha value is -1.23. The van der Waals surface area contributed by atoms with E-state index in [0.29, 0.717) is 11.2 Å². The number of thioether (sulfide) groups is 1. The van der Waals surface area contributed by atoms with Gasteiger partial charge in [0.25, 0.3) is 0 Å². The zero-order valence-corrected chi connectivity index (χ0v) is 6.68. The summed E-state index contributed by atoms with van der Waals surface area (Å²) < 4.78 is 4.83. The fraction of sp³-hybridized carbons (Fsp3) is 0.143. The summed E-state index contributed by atoms with van der Waals surface area (Å²) in [5, 5.41) is 9.27. The quantitative estimate of drug-likeness (QED) is 0.661. The molecule has 0 saturated carbocycles. The molecule has 0 atom stereocenters. The third-order valence-electron chi connectivity index (χ3n) is 1.57. The van der Waals surface area contributed by atoms with Crippen LogP contribution in [0.1, 0.15) is 21.1 Å². The summed E-state index contributed by atoms with van der Waals surface area (Å²) in [5.41, 5.74) is 0. The minimum atomic E-state index is -0.212. The molecule has 0 radical (unpaired) electrons. The van der Waals surface area contributed by atoms with Crippen LogP contribution in [0.3, 0.4) is 0 Å². The first kappa shape index (κ1) is 7.42. The number of hydrogen-bond acceptors (Lipinski definition) is 5. The first-order valence-corrected chi connectivity index (χ1v) is 4.19. The molecule has 0 unspecified atom stereocenters. The normalized spacial score (nSPS) is 14.8. The minimum Gasteiger partial charge on any atom is -0.503 e. The topological polar surface area (TPSA) is 67.5 Å². The highest BCUT2D eigenvalue weighted by atomic mass is 32.2. The maximum atomic E-state index is 11.0. The lowest BCUT2D eigenvalue weighted by Crippen LogP contribution is -1.92. The first-order valence-electron chi connectivity index (χ1n) is 3.21. The van der Waals surface area contributed by atoms with Crippen LogP contribution in [0.15, 0.2) is 9.31 Å². The zero-order chi connectivity index (χ0) is 8.72. The van der Waals surface area contributed by atoms with Crippen molar-refractivity contribution in [2.75, 3.05) is 5.75 Å². The van der Waals surface area contributed by atoms with Crippen molar-refractivity contribution in [1.29, 1.82) is 0 Å². The number of aldehydes is 1. The molecule has 0 amide bonds. The lowest BCUT2D eigenvalue weighted by molar-refractivity contribution is 0.0989. The van der Waals surface area contributed by atoms with Crippen LogP contribution in [0, 0.1) is 0 Å². The summed E-state index contributed by atoms with van der Waals surface area (Å²) in [6.07, 6.45) is 0.390. The van der Waals surface area contributed by atoms with Gasteiger partial charge in [-0.1, -0.05) is 0 Å². The van der Waals surface area contributed by atoms with Gasteiger partial charge in [-0.3, -0.25) is 9.59 Å². The van der Waals surface area contributed by atoms with E-state index in [1.807, 2.05) is 0 Å². The van der Waals surface area contributed by atoms with Crippen LogP contribution >= 0.6 is 11.8 Å². The Bertz CT molecular complexity index is 366. The lowest BCUT2D eigenvalue weighted by atomic mass is 10.3. The van der Waals surface area contributed by atoms with Crippen LogP contribution in [-0.2, 0) is 0 Å². The standard InChI is InChI=1S/C7H4O4S/c8-1-4-5(10)7-6(11-4)3(9)2-12-7/h1,10H,2H2. The Morgan fingerprint density at radius 3 is 2.92 bits per heavy atom. The maximum Gasteiger partial charge on any atom is 0.210 e. The van der Waals surface area contributed by atoms with Crippen molar-refractivity contribution in [2.24, 2.45) is 0 Å². The summed E-state index contributed by atoms with van der Waals surface area (Å²) in [7, 11) is 0. The second-order valence-electron chi connectivity index (χ2n) is 2.30. The molecule has 2 heterocycles. The molecular formula is C7H4O4S. The number of rotatable bonds is 1. The van der Waals surface area contributed by atoms with E-state index in [4.69, 9.17) is 4.42 Å². The van der Waals surface area contributed by atoms with Crippen LogP contribution < -0.4 is 0 Å². The summed E-state index contributed by atoms with van der Waals surface area (Å²) in [6, 6.07) is 0. The lowest BCUT2D eigenvalue weighted by Gasteiger charge is -1.87.